The minimum Gasteiger partial charge on any atom is -0.389 e. The molecule has 0 aromatic rings. The first kappa shape index (κ1) is 9.57. The van der Waals surface area contributed by atoms with Crippen molar-refractivity contribution >= 4 is 11.6 Å². The Hall–Kier alpha value is -0.430. The highest BCUT2D eigenvalue weighted by Gasteiger charge is 2.05. The lowest BCUT2D eigenvalue weighted by Crippen LogP contribution is -2.07. The molecule has 0 radical (unpaired) electrons. The molecule has 0 spiro atoms. The Kier molecular flexibility index (Phi) is 3.51. The summed E-state index contributed by atoms with van der Waals surface area (Å²) in [5.41, 5.74) is 0.869. The summed E-state index contributed by atoms with van der Waals surface area (Å²) in [6, 6.07) is 0. The molecule has 0 rings (SSSR count). The van der Waals surface area contributed by atoms with Crippen molar-refractivity contribution in [3.8, 4) is 0 Å². The Bertz CT molecular complexity index is 142. The highest BCUT2D eigenvalue weighted by Crippen LogP contribution is 2.14. The van der Waals surface area contributed by atoms with Gasteiger partial charge in [-0.1, -0.05) is 12.7 Å². The molecule has 1 nitrogen and oxygen atoms in total. The lowest BCUT2D eigenvalue weighted by atomic mass is 10.2. The van der Waals surface area contributed by atoms with Crippen molar-refractivity contribution in [2.75, 3.05) is 7.05 Å². The summed E-state index contributed by atoms with van der Waals surface area (Å²) in [6.45, 7) is 7.57. The van der Waals surface area contributed by atoms with E-state index in [0.29, 0.717) is 0 Å². The number of rotatable bonds is 3. The molecule has 0 fully saturated rings. The fourth-order valence-electron chi connectivity index (χ4n) is 0.382. The van der Waals surface area contributed by atoms with Crippen LogP contribution in [0.1, 0.15) is 13.8 Å². The normalized spacial score (nSPS) is 12.0. The van der Waals surface area contributed by atoms with E-state index in [0.717, 1.165) is 5.70 Å². The van der Waals surface area contributed by atoms with Gasteiger partial charge in [0.1, 0.15) is 0 Å². The van der Waals surface area contributed by atoms with Gasteiger partial charge in [-0.3, -0.25) is 0 Å². The predicted octanol–water partition coefficient (Wildman–Crippen LogP) is 2.29. The second kappa shape index (κ2) is 3.67. The zero-order chi connectivity index (χ0) is 8.20. The maximum absolute atomic E-state index is 5.88. The standard InChI is InChI=1S/C8H14ClN/c1-7(10-4)5-6-8(2,3)9/h5-6,10H,1H2,2-4H3/b6-5-. The topological polar surface area (TPSA) is 12.0 Å². The number of likely N-dealkylation sites (N-methyl/N-ethyl adjacent to an activating group) is 1. The SMILES string of the molecule is C=C(/C=C\C(C)(C)Cl)NC. The van der Waals surface area contributed by atoms with E-state index in [2.05, 4.69) is 11.9 Å². The first-order chi connectivity index (χ1) is 4.45. The van der Waals surface area contributed by atoms with Gasteiger partial charge in [-0.05, 0) is 19.9 Å². The van der Waals surface area contributed by atoms with Crippen molar-refractivity contribution in [3.05, 3.63) is 24.4 Å². The van der Waals surface area contributed by atoms with Crippen LogP contribution in [0, 0.1) is 0 Å². The van der Waals surface area contributed by atoms with E-state index in [-0.39, 0.29) is 4.87 Å². The Morgan fingerprint density at radius 3 is 2.40 bits per heavy atom. The van der Waals surface area contributed by atoms with Gasteiger partial charge in [-0.25, -0.2) is 0 Å². The summed E-state index contributed by atoms with van der Waals surface area (Å²) in [5, 5.41) is 2.90. The van der Waals surface area contributed by atoms with E-state index in [1.54, 1.807) is 0 Å². The van der Waals surface area contributed by atoms with Gasteiger partial charge in [-0.15, -0.1) is 11.6 Å². The molecule has 0 aliphatic heterocycles. The average molecular weight is 160 g/mol. The molecule has 0 aliphatic carbocycles. The second-order valence-electron chi connectivity index (χ2n) is 2.67. The van der Waals surface area contributed by atoms with E-state index in [1.165, 1.54) is 0 Å². The largest absolute Gasteiger partial charge is 0.389 e. The number of halogens is 1. The van der Waals surface area contributed by atoms with Gasteiger partial charge in [0.05, 0.1) is 4.87 Å². The third kappa shape index (κ3) is 5.70. The number of alkyl halides is 1. The van der Waals surface area contributed by atoms with Gasteiger partial charge in [0.25, 0.3) is 0 Å². The zero-order valence-electron chi connectivity index (χ0n) is 6.74. The molecule has 0 bridgehead atoms. The van der Waals surface area contributed by atoms with Crippen LogP contribution >= 0.6 is 11.6 Å². The summed E-state index contributed by atoms with van der Waals surface area (Å²) in [7, 11) is 1.83. The molecule has 0 saturated heterocycles. The monoisotopic (exact) mass is 159 g/mol. The van der Waals surface area contributed by atoms with Gasteiger partial charge in [0.15, 0.2) is 0 Å². The number of hydrogen-bond acceptors (Lipinski definition) is 1. The van der Waals surface area contributed by atoms with Crippen LogP contribution in [-0.2, 0) is 0 Å². The zero-order valence-corrected chi connectivity index (χ0v) is 7.50. The van der Waals surface area contributed by atoms with Crippen molar-refractivity contribution in [3.63, 3.8) is 0 Å². The summed E-state index contributed by atoms with van der Waals surface area (Å²) in [5.74, 6) is 0. The quantitative estimate of drug-likeness (QED) is 0.492. The summed E-state index contributed by atoms with van der Waals surface area (Å²) in [6.07, 6.45) is 3.76. The highest BCUT2D eigenvalue weighted by molar-refractivity contribution is 6.24. The van der Waals surface area contributed by atoms with Crippen molar-refractivity contribution in [2.45, 2.75) is 18.7 Å². The van der Waals surface area contributed by atoms with Crippen molar-refractivity contribution in [2.24, 2.45) is 0 Å². The molecule has 0 aliphatic rings. The summed E-state index contributed by atoms with van der Waals surface area (Å²) >= 11 is 5.88. The molecule has 1 N–H and O–H groups in total. The number of nitrogens with one attached hydrogen (secondary N) is 1. The van der Waals surface area contributed by atoms with Gasteiger partial charge in [0.2, 0.25) is 0 Å². The van der Waals surface area contributed by atoms with Gasteiger partial charge >= 0.3 is 0 Å². The molecule has 2 heteroatoms. The molecule has 0 aromatic carbocycles. The van der Waals surface area contributed by atoms with Crippen LogP contribution in [-0.4, -0.2) is 11.9 Å². The molecular formula is C8H14ClN. The van der Waals surface area contributed by atoms with Crippen molar-refractivity contribution < 1.29 is 0 Å². The fraction of sp³-hybridized carbons (Fsp3) is 0.500. The minimum absolute atomic E-state index is 0.278. The van der Waals surface area contributed by atoms with E-state index in [1.807, 2.05) is 33.0 Å². The van der Waals surface area contributed by atoms with Crippen LogP contribution in [0.3, 0.4) is 0 Å². The number of allylic oxidation sites excluding steroid dienone is 2. The van der Waals surface area contributed by atoms with Crippen molar-refractivity contribution in [1.82, 2.24) is 5.32 Å². The highest BCUT2D eigenvalue weighted by atomic mass is 35.5. The van der Waals surface area contributed by atoms with Crippen LogP contribution in [0.4, 0.5) is 0 Å². The smallest absolute Gasteiger partial charge is 0.0573 e. The molecule has 58 valence electrons. The molecule has 0 amide bonds. The van der Waals surface area contributed by atoms with Crippen LogP contribution in [0.25, 0.3) is 0 Å². The molecular weight excluding hydrogens is 146 g/mol. The third-order valence-electron chi connectivity index (χ3n) is 1.00. The van der Waals surface area contributed by atoms with E-state index >= 15 is 0 Å². The minimum atomic E-state index is -0.278. The predicted molar refractivity (Wildman–Crippen MR) is 47.3 cm³/mol. The van der Waals surface area contributed by atoms with Crippen LogP contribution in [0.5, 0.6) is 0 Å². The van der Waals surface area contributed by atoms with Gasteiger partial charge in [-0.2, -0.15) is 0 Å². The van der Waals surface area contributed by atoms with Gasteiger partial charge in [0, 0.05) is 12.7 Å². The van der Waals surface area contributed by atoms with Gasteiger partial charge < -0.3 is 5.32 Å². The Morgan fingerprint density at radius 1 is 1.60 bits per heavy atom. The lowest BCUT2D eigenvalue weighted by Gasteiger charge is -2.08. The summed E-state index contributed by atoms with van der Waals surface area (Å²) in [4.78, 5) is -0.278. The third-order valence-corrected chi connectivity index (χ3v) is 1.13. The van der Waals surface area contributed by atoms with E-state index < -0.39 is 0 Å². The van der Waals surface area contributed by atoms with Crippen LogP contribution in [0.15, 0.2) is 24.4 Å². The molecule has 0 aromatic heterocycles. The Labute approximate surface area is 67.8 Å². The molecule has 0 heterocycles. The summed E-state index contributed by atoms with van der Waals surface area (Å²) < 4.78 is 0. The second-order valence-corrected chi connectivity index (χ2v) is 3.65. The molecule has 0 saturated carbocycles. The fourth-order valence-corrected chi connectivity index (χ4v) is 0.445. The Morgan fingerprint density at radius 2 is 2.10 bits per heavy atom. The molecule has 0 unspecified atom stereocenters. The maximum atomic E-state index is 5.88. The van der Waals surface area contributed by atoms with E-state index in [4.69, 9.17) is 11.6 Å². The van der Waals surface area contributed by atoms with E-state index in [9.17, 15) is 0 Å². The lowest BCUT2D eigenvalue weighted by molar-refractivity contribution is 0.877. The van der Waals surface area contributed by atoms with Crippen molar-refractivity contribution in [1.29, 1.82) is 0 Å². The number of hydrogen-bond donors (Lipinski definition) is 1. The van der Waals surface area contributed by atoms with Crippen LogP contribution < -0.4 is 5.32 Å². The first-order valence-electron chi connectivity index (χ1n) is 3.20. The first-order valence-corrected chi connectivity index (χ1v) is 3.58. The maximum Gasteiger partial charge on any atom is 0.0573 e. The Balaban J connectivity index is 3.88. The van der Waals surface area contributed by atoms with Crippen LogP contribution in [0.2, 0.25) is 0 Å². The average Bonchev–Trinajstić information content (AvgIpc) is 1.81. The molecule has 10 heavy (non-hydrogen) atoms. The molecule has 0 atom stereocenters.